The Hall–Kier alpha value is -0.220. The summed E-state index contributed by atoms with van der Waals surface area (Å²) in [5.41, 5.74) is 0. The average Bonchev–Trinajstić information content (AvgIpc) is 2.16. The van der Waals surface area contributed by atoms with Gasteiger partial charge in [0.05, 0.1) is 0 Å². The smallest absolute Gasteiger partial charge is 0.166 e. The van der Waals surface area contributed by atoms with E-state index in [-0.39, 0.29) is 0 Å². The third-order valence-corrected chi connectivity index (χ3v) is 3.38. The van der Waals surface area contributed by atoms with Gasteiger partial charge in [-0.3, -0.25) is 0 Å². The first-order valence-corrected chi connectivity index (χ1v) is 6.12. The van der Waals surface area contributed by atoms with Gasteiger partial charge in [0.1, 0.15) is 0 Å². The number of thioether (sulfide) groups is 1. The molecule has 0 spiro atoms. The summed E-state index contributed by atoms with van der Waals surface area (Å²) in [6.07, 6.45) is 4.35. The topological polar surface area (TPSA) is 24.1 Å². The summed E-state index contributed by atoms with van der Waals surface area (Å²) in [6.45, 7) is 4.37. The van der Waals surface area contributed by atoms with E-state index in [0.29, 0.717) is 6.04 Å². The van der Waals surface area contributed by atoms with Gasteiger partial charge >= 0.3 is 0 Å². The van der Waals surface area contributed by atoms with E-state index in [4.69, 9.17) is 12.2 Å². The lowest BCUT2D eigenvalue weighted by atomic mass is 10.2. The van der Waals surface area contributed by atoms with E-state index in [1.54, 1.807) is 0 Å². The Bertz CT molecular complexity index is 176. The van der Waals surface area contributed by atoms with E-state index in [0.717, 1.165) is 11.7 Å². The number of thiocarbonyl (C=S) groups is 1. The molecule has 0 bridgehead atoms. The van der Waals surface area contributed by atoms with Crippen molar-refractivity contribution in [3.8, 4) is 0 Å². The maximum Gasteiger partial charge on any atom is 0.166 e. The van der Waals surface area contributed by atoms with Gasteiger partial charge in [-0.25, -0.2) is 0 Å². The lowest BCUT2D eigenvalue weighted by Gasteiger charge is -2.23. The fourth-order valence-electron chi connectivity index (χ4n) is 1.26. The highest BCUT2D eigenvalue weighted by Gasteiger charge is 2.13. The van der Waals surface area contributed by atoms with Crippen LogP contribution >= 0.6 is 24.0 Å². The molecule has 0 aromatic heterocycles. The predicted octanol–water partition coefficient (Wildman–Crippen LogP) is 1.53. The third-order valence-electron chi connectivity index (χ3n) is 1.90. The van der Waals surface area contributed by atoms with Gasteiger partial charge in [-0.1, -0.05) is 6.08 Å². The Morgan fingerprint density at radius 2 is 2.54 bits per heavy atom. The number of hydrogen-bond acceptors (Lipinski definition) is 2. The molecule has 1 atom stereocenters. The van der Waals surface area contributed by atoms with Crippen molar-refractivity contribution in [1.29, 1.82) is 0 Å². The molecule has 0 aromatic rings. The van der Waals surface area contributed by atoms with Gasteiger partial charge in [-0.2, -0.15) is 11.8 Å². The zero-order valence-corrected chi connectivity index (χ0v) is 9.35. The van der Waals surface area contributed by atoms with Crippen molar-refractivity contribution in [1.82, 2.24) is 10.6 Å². The third kappa shape index (κ3) is 4.52. The number of hydrogen-bond donors (Lipinski definition) is 2. The molecular formula is C9H16N2S2. The summed E-state index contributed by atoms with van der Waals surface area (Å²) >= 11 is 7.12. The van der Waals surface area contributed by atoms with E-state index in [2.05, 4.69) is 17.2 Å². The minimum absolute atomic E-state index is 0.559. The summed E-state index contributed by atoms with van der Waals surface area (Å²) in [6, 6.07) is 0.559. The monoisotopic (exact) mass is 216 g/mol. The maximum atomic E-state index is 5.12. The number of nitrogens with one attached hydrogen (secondary N) is 2. The Balaban J connectivity index is 2.14. The van der Waals surface area contributed by atoms with Crippen molar-refractivity contribution < 1.29 is 0 Å². The molecule has 1 aliphatic rings. The summed E-state index contributed by atoms with van der Waals surface area (Å²) < 4.78 is 0. The quantitative estimate of drug-likeness (QED) is 0.552. The van der Waals surface area contributed by atoms with Crippen LogP contribution in [0.1, 0.15) is 12.8 Å². The van der Waals surface area contributed by atoms with Crippen molar-refractivity contribution >= 4 is 29.1 Å². The van der Waals surface area contributed by atoms with Crippen molar-refractivity contribution in [3.05, 3.63) is 12.7 Å². The van der Waals surface area contributed by atoms with E-state index < -0.39 is 0 Å². The summed E-state index contributed by atoms with van der Waals surface area (Å²) in [5, 5.41) is 7.13. The predicted molar refractivity (Wildman–Crippen MR) is 64.3 cm³/mol. The molecule has 2 N–H and O–H groups in total. The second-order valence-electron chi connectivity index (χ2n) is 3.06. The molecule has 74 valence electrons. The van der Waals surface area contributed by atoms with Crippen LogP contribution in [0.15, 0.2) is 12.7 Å². The maximum absolute atomic E-state index is 5.12. The Morgan fingerprint density at radius 1 is 1.69 bits per heavy atom. The summed E-state index contributed by atoms with van der Waals surface area (Å²) in [7, 11) is 0. The summed E-state index contributed by atoms with van der Waals surface area (Å²) in [4.78, 5) is 0. The fourth-order valence-corrected chi connectivity index (χ4v) is 2.58. The molecule has 13 heavy (non-hydrogen) atoms. The van der Waals surface area contributed by atoms with Gasteiger partial charge < -0.3 is 10.6 Å². The second kappa shape index (κ2) is 6.27. The van der Waals surface area contributed by atoms with Gasteiger partial charge in [0, 0.05) is 18.3 Å². The van der Waals surface area contributed by atoms with Crippen LogP contribution in [-0.4, -0.2) is 29.2 Å². The number of rotatable bonds is 3. The van der Waals surface area contributed by atoms with Crippen LogP contribution in [0.4, 0.5) is 0 Å². The zero-order chi connectivity index (χ0) is 9.52. The van der Waals surface area contributed by atoms with Gasteiger partial charge in [0.15, 0.2) is 5.11 Å². The molecule has 0 radical (unpaired) electrons. The van der Waals surface area contributed by atoms with Crippen LogP contribution in [-0.2, 0) is 0 Å². The van der Waals surface area contributed by atoms with E-state index in [1.807, 2.05) is 17.8 Å². The lowest BCUT2D eigenvalue weighted by Crippen LogP contribution is -2.44. The molecule has 1 fully saturated rings. The molecule has 1 aliphatic heterocycles. The molecule has 0 amide bonds. The largest absolute Gasteiger partial charge is 0.359 e. The van der Waals surface area contributed by atoms with Crippen LogP contribution in [0.3, 0.4) is 0 Å². The SMILES string of the molecule is C=CCNC(=S)NC1CCCSC1. The van der Waals surface area contributed by atoms with Crippen LogP contribution < -0.4 is 10.6 Å². The van der Waals surface area contributed by atoms with Crippen LogP contribution in [0.2, 0.25) is 0 Å². The highest BCUT2D eigenvalue weighted by atomic mass is 32.2. The second-order valence-corrected chi connectivity index (χ2v) is 4.62. The van der Waals surface area contributed by atoms with E-state index in [9.17, 15) is 0 Å². The molecule has 0 aliphatic carbocycles. The molecule has 1 rings (SSSR count). The van der Waals surface area contributed by atoms with Crippen molar-refractivity contribution in [2.24, 2.45) is 0 Å². The molecule has 2 nitrogen and oxygen atoms in total. The van der Waals surface area contributed by atoms with Crippen LogP contribution in [0.5, 0.6) is 0 Å². The normalized spacial score (nSPS) is 22.0. The molecule has 4 heteroatoms. The lowest BCUT2D eigenvalue weighted by molar-refractivity contribution is 0.590. The minimum atomic E-state index is 0.559. The van der Waals surface area contributed by atoms with Crippen molar-refractivity contribution in [3.63, 3.8) is 0 Å². The highest BCUT2D eigenvalue weighted by Crippen LogP contribution is 2.16. The molecule has 1 saturated heterocycles. The van der Waals surface area contributed by atoms with Crippen LogP contribution in [0.25, 0.3) is 0 Å². The van der Waals surface area contributed by atoms with Crippen LogP contribution in [0, 0.1) is 0 Å². The van der Waals surface area contributed by atoms with E-state index in [1.165, 1.54) is 24.3 Å². The molecule has 0 aromatic carbocycles. The molecule has 1 unspecified atom stereocenters. The Kier molecular flexibility index (Phi) is 5.23. The standard InChI is InChI=1S/C9H16N2S2/c1-2-5-10-9(12)11-8-4-3-6-13-7-8/h2,8H,1,3-7H2,(H2,10,11,12). The first kappa shape index (κ1) is 10.9. The molecule has 0 saturated carbocycles. The molecular weight excluding hydrogens is 200 g/mol. The summed E-state index contributed by atoms with van der Waals surface area (Å²) in [5.74, 6) is 2.47. The van der Waals surface area contributed by atoms with Gasteiger partial charge in [0.2, 0.25) is 0 Å². The van der Waals surface area contributed by atoms with Gasteiger partial charge in [-0.15, -0.1) is 6.58 Å². The fraction of sp³-hybridized carbons (Fsp3) is 0.667. The van der Waals surface area contributed by atoms with E-state index >= 15 is 0 Å². The van der Waals surface area contributed by atoms with Crippen molar-refractivity contribution in [2.45, 2.75) is 18.9 Å². The first-order valence-electron chi connectivity index (χ1n) is 4.56. The Morgan fingerprint density at radius 3 is 3.15 bits per heavy atom. The van der Waals surface area contributed by atoms with Gasteiger partial charge in [-0.05, 0) is 30.8 Å². The average molecular weight is 216 g/mol. The van der Waals surface area contributed by atoms with Crippen molar-refractivity contribution in [2.75, 3.05) is 18.1 Å². The minimum Gasteiger partial charge on any atom is -0.359 e. The van der Waals surface area contributed by atoms with Gasteiger partial charge in [0.25, 0.3) is 0 Å². The Labute approximate surface area is 89.5 Å². The highest BCUT2D eigenvalue weighted by molar-refractivity contribution is 7.99. The zero-order valence-electron chi connectivity index (χ0n) is 7.71. The first-order chi connectivity index (χ1) is 6.33. The molecule has 1 heterocycles.